The van der Waals surface area contributed by atoms with Gasteiger partial charge >= 0.3 is 0 Å². The molecule has 0 aliphatic rings. The molecule has 0 bridgehead atoms. The highest BCUT2D eigenvalue weighted by molar-refractivity contribution is 14.1. The lowest BCUT2D eigenvalue weighted by Crippen LogP contribution is -1.92. The Morgan fingerprint density at radius 1 is 1.36 bits per heavy atom. The van der Waals surface area contributed by atoms with Crippen LogP contribution in [0.1, 0.15) is 0 Å². The molecule has 0 radical (unpaired) electrons. The Morgan fingerprint density at radius 2 is 2.14 bits per heavy atom. The predicted octanol–water partition coefficient (Wildman–Crippen LogP) is 3.53. The fourth-order valence-electron chi connectivity index (χ4n) is 1.30. The Hall–Kier alpha value is -0.550. The van der Waals surface area contributed by atoms with E-state index in [1.807, 2.05) is 25.2 Å². The molecule has 72 valence electrons. The lowest BCUT2D eigenvalue weighted by Gasteiger charge is -2.04. The van der Waals surface area contributed by atoms with Gasteiger partial charge in [-0.05, 0) is 46.9 Å². The normalized spacial score (nSPS) is 10.5. The molecule has 4 heteroatoms. The number of pyridine rings is 1. The molecule has 0 atom stereocenters. The number of hydrogen-bond donors (Lipinski definition) is 1. The van der Waals surface area contributed by atoms with Crippen LogP contribution in [0, 0.1) is 3.57 Å². The lowest BCUT2D eigenvalue weighted by atomic mass is 10.2. The van der Waals surface area contributed by atoms with E-state index in [2.05, 4.69) is 39.0 Å². The van der Waals surface area contributed by atoms with Crippen molar-refractivity contribution in [1.82, 2.24) is 4.98 Å². The summed E-state index contributed by atoms with van der Waals surface area (Å²) >= 11 is 8.34. The van der Waals surface area contributed by atoms with Gasteiger partial charge in [0.2, 0.25) is 0 Å². The second-order valence-electron chi connectivity index (χ2n) is 2.91. The fourth-order valence-corrected chi connectivity index (χ4v) is 2.40. The van der Waals surface area contributed by atoms with Crippen LogP contribution in [0.5, 0.6) is 0 Å². The molecule has 1 aromatic heterocycles. The van der Waals surface area contributed by atoms with Crippen molar-refractivity contribution in [3.63, 3.8) is 0 Å². The molecule has 1 aromatic carbocycles. The standard InChI is InChI=1S/C10H8ClIN2/c1-13-9-3-2-6-4-7(12)5-8(11)10(6)14-9/h2-5H,1H3,(H,13,14). The number of nitrogens with zero attached hydrogens (tertiary/aromatic N) is 1. The van der Waals surface area contributed by atoms with Gasteiger partial charge in [0.05, 0.1) is 10.5 Å². The van der Waals surface area contributed by atoms with Crippen LogP contribution in [0.3, 0.4) is 0 Å². The van der Waals surface area contributed by atoms with Crippen molar-refractivity contribution >= 4 is 50.9 Å². The molecule has 0 spiro atoms. The third-order valence-corrected chi connectivity index (χ3v) is 2.88. The Bertz CT molecular complexity index is 485. The average Bonchev–Trinajstić information content (AvgIpc) is 2.17. The van der Waals surface area contributed by atoms with E-state index >= 15 is 0 Å². The summed E-state index contributed by atoms with van der Waals surface area (Å²) in [6, 6.07) is 7.93. The zero-order chi connectivity index (χ0) is 10.1. The molecule has 2 aromatic rings. The first-order valence-electron chi connectivity index (χ1n) is 4.14. The first kappa shape index (κ1) is 9.98. The van der Waals surface area contributed by atoms with Crippen molar-refractivity contribution in [3.8, 4) is 0 Å². The van der Waals surface area contributed by atoms with Crippen molar-refractivity contribution in [2.24, 2.45) is 0 Å². The second-order valence-corrected chi connectivity index (χ2v) is 4.56. The Labute approximate surface area is 101 Å². The van der Waals surface area contributed by atoms with Gasteiger partial charge in [-0.3, -0.25) is 0 Å². The summed E-state index contributed by atoms with van der Waals surface area (Å²) in [5, 5.41) is 4.76. The first-order valence-corrected chi connectivity index (χ1v) is 5.60. The van der Waals surface area contributed by atoms with Crippen LogP contribution in [0.25, 0.3) is 10.9 Å². The zero-order valence-electron chi connectivity index (χ0n) is 7.51. The van der Waals surface area contributed by atoms with E-state index in [4.69, 9.17) is 11.6 Å². The van der Waals surface area contributed by atoms with Crippen molar-refractivity contribution in [2.45, 2.75) is 0 Å². The summed E-state index contributed by atoms with van der Waals surface area (Å²) in [4.78, 5) is 4.39. The van der Waals surface area contributed by atoms with E-state index < -0.39 is 0 Å². The molecule has 2 rings (SSSR count). The van der Waals surface area contributed by atoms with Gasteiger partial charge in [0.25, 0.3) is 0 Å². The highest BCUT2D eigenvalue weighted by atomic mass is 127. The van der Waals surface area contributed by atoms with Gasteiger partial charge in [-0.15, -0.1) is 0 Å². The maximum absolute atomic E-state index is 6.10. The minimum atomic E-state index is 0.698. The number of hydrogen-bond acceptors (Lipinski definition) is 2. The van der Waals surface area contributed by atoms with Crippen molar-refractivity contribution in [2.75, 3.05) is 12.4 Å². The van der Waals surface area contributed by atoms with Crippen LogP contribution in [-0.4, -0.2) is 12.0 Å². The molecule has 1 N–H and O–H groups in total. The van der Waals surface area contributed by atoms with Crippen LogP contribution in [0.2, 0.25) is 5.02 Å². The van der Waals surface area contributed by atoms with E-state index in [0.717, 1.165) is 20.3 Å². The maximum atomic E-state index is 6.10. The van der Waals surface area contributed by atoms with Crippen molar-refractivity contribution in [3.05, 3.63) is 32.9 Å². The number of halogens is 2. The van der Waals surface area contributed by atoms with Gasteiger partial charge in [0, 0.05) is 16.0 Å². The van der Waals surface area contributed by atoms with Gasteiger partial charge in [-0.1, -0.05) is 11.6 Å². The maximum Gasteiger partial charge on any atom is 0.126 e. The summed E-state index contributed by atoms with van der Waals surface area (Å²) in [7, 11) is 1.84. The highest BCUT2D eigenvalue weighted by Gasteiger charge is 2.03. The molecule has 1 heterocycles. The van der Waals surface area contributed by atoms with Crippen LogP contribution in [0.4, 0.5) is 5.82 Å². The molecule has 0 amide bonds. The minimum absolute atomic E-state index is 0.698. The quantitative estimate of drug-likeness (QED) is 0.814. The number of aromatic nitrogens is 1. The van der Waals surface area contributed by atoms with Crippen LogP contribution >= 0.6 is 34.2 Å². The molecule has 0 saturated carbocycles. The van der Waals surface area contributed by atoms with Gasteiger partial charge in [0.1, 0.15) is 5.82 Å². The topological polar surface area (TPSA) is 24.9 Å². The summed E-state index contributed by atoms with van der Waals surface area (Å²) in [5.74, 6) is 0.834. The van der Waals surface area contributed by atoms with Gasteiger partial charge < -0.3 is 5.32 Å². The van der Waals surface area contributed by atoms with E-state index in [1.165, 1.54) is 0 Å². The number of anilines is 1. The number of nitrogens with one attached hydrogen (secondary N) is 1. The van der Waals surface area contributed by atoms with E-state index in [0.29, 0.717) is 5.02 Å². The summed E-state index contributed by atoms with van der Waals surface area (Å²) < 4.78 is 1.12. The highest BCUT2D eigenvalue weighted by Crippen LogP contribution is 2.25. The van der Waals surface area contributed by atoms with Crippen LogP contribution in [-0.2, 0) is 0 Å². The Morgan fingerprint density at radius 3 is 2.86 bits per heavy atom. The SMILES string of the molecule is CNc1ccc2cc(I)cc(Cl)c2n1. The molecular weight excluding hydrogens is 310 g/mol. The van der Waals surface area contributed by atoms with Gasteiger partial charge in [0.15, 0.2) is 0 Å². The first-order chi connectivity index (χ1) is 6.70. The third-order valence-electron chi connectivity index (χ3n) is 1.97. The minimum Gasteiger partial charge on any atom is -0.373 e. The summed E-state index contributed by atoms with van der Waals surface area (Å²) in [6.07, 6.45) is 0. The summed E-state index contributed by atoms with van der Waals surface area (Å²) in [5.41, 5.74) is 0.846. The van der Waals surface area contributed by atoms with Gasteiger partial charge in [-0.2, -0.15) is 0 Å². The molecule has 0 aliphatic heterocycles. The molecule has 0 unspecified atom stereocenters. The molecule has 2 nitrogen and oxygen atoms in total. The largest absolute Gasteiger partial charge is 0.373 e. The molecule has 14 heavy (non-hydrogen) atoms. The second kappa shape index (κ2) is 3.90. The van der Waals surface area contributed by atoms with Crippen LogP contribution < -0.4 is 5.32 Å². The Kier molecular flexibility index (Phi) is 2.78. The Balaban J connectivity index is 2.75. The molecule has 0 fully saturated rings. The van der Waals surface area contributed by atoms with Crippen LogP contribution in [0.15, 0.2) is 24.3 Å². The van der Waals surface area contributed by atoms with Gasteiger partial charge in [-0.25, -0.2) is 4.98 Å². The fraction of sp³-hybridized carbons (Fsp3) is 0.100. The smallest absolute Gasteiger partial charge is 0.126 e. The monoisotopic (exact) mass is 318 g/mol. The summed E-state index contributed by atoms with van der Waals surface area (Å²) in [6.45, 7) is 0. The number of benzene rings is 1. The molecular formula is C10H8ClIN2. The van der Waals surface area contributed by atoms with E-state index in [1.54, 1.807) is 0 Å². The molecule has 0 saturated heterocycles. The number of rotatable bonds is 1. The van der Waals surface area contributed by atoms with E-state index in [-0.39, 0.29) is 0 Å². The molecule has 0 aliphatic carbocycles. The third kappa shape index (κ3) is 1.79. The predicted molar refractivity (Wildman–Crippen MR) is 69.0 cm³/mol. The van der Waals surface area contributed by atoms with Crippen molar-refractivity contribution < 1.29 is 0 Å². The van der Waals surface area contributed by atoms with Crippen molar-refractivity contribution in [1.29, 1.82) is 0 Å². The zero-order valence-corrected chi connectivity index (χ0v) is 10.4. The average molecular weight is 319 g/mol. The lowest BCUT2D eigenvalue weighted by molar-refractivity contribution is 1.34. The number of fused-ring (bicyclic) bond motifs is 1. The van der Waals surface area contributed by atoms with E-state index in [9.17, 15) is 0 Å².